The molecular formula is C16H16BrFO. The van der Waals surface area contributed by atoms with Gasteiger partial charge in [-0.15, -0.1) is 0 Å². The standard InChI is InChI=1S/C16H16BrFO/c1-11(16(19)12-6-3-2-4-7-12)10-13-8-5-9-14(18)15(13)17/h2-9,11,16,19H,10H2,1H3. The molecule has 0 bridgehead atoms. The van der Waals surface area contributed by atoms with Crippen LogP contribution in [0.2, 0.25) is 0 Å². The minimum absolute atomic E-state index is 0.0144. The molecule has 2 aromatic rings. The first kappa shape index (κ1) is 14.2. The van der Waals surface area contributed by atoms with Gasteiger partial charge in [-0.3, -0.25) is 0 Å². The van der Waals surface area contributed by atoms with Crippen LogP contribution >= 0.6 is 15.9 Å². The van der Waals surface area contributed by atoms with Gasteiger partial charge in [0.05, 0.1) is 10.6 Å². The number of rotatable bonds is 4. The summed E-state index contributed by atoms with van der Waals surface area (Å²) in [5, 5.41) is 10.3. The molecule has 0 spiro atoms. The van der Waals surface area contributed by atoms with Crippen molar-refractivity contribution in [1.29, 1.82) is 0 Å². The summed E-state index contributed by atoms with van der Waals surface area (Å²) >= 11 is 3.26. The Morgan fingerprint density at radius 2 is 1.79 bits per heavy atom. The quantitative estimate of drug-likeness (QED) is 0.878. The molecule has 1 N–H and O–H groups in total. The first-order chi connectivity index (χ1) is 9.09. The molecule has 0 aliphatic carbocycles. The zero-order valence-electron chi connectivity index (χ0n) is 10.7. The van der Waals surface area contributed by atoms with Crippen LogP contribution in [0.5, 0.6) is 0 Å². The van der Waals surface area contributed by atoms with Gasteiger partial charge in [-0.1, -0.05) is 49.4 Å². The molecular weight excluding hydrogens is 307 g/mol. The minimum Gasteiger partial charge on any atom is -0.388 e. The summed E-state index contributed by atoms with van der Waals surface area (Å²) in [4.78, 5) is 0. The van der Waals surface area contributed by atoms with E-state index in [1.165, 1.54) is 6.07 Å². The number of hydrogen-bond acceptors (Lipinski definition) is 1. The van der Waals surface area contributed by atoms with E-state index in [2.05, 4.69) is 15.9 Å². The predicted octanol–water partition coefficient (Wildman–Crippen LogP) is 4.50. The van der Waals surface area contributed by atoms with Crippen LogP contribution in [0.25, 0.3) is 0 Å². The average Bonchev–Trinajstić information content (AvgIpc) is 2.44. The van der Waals surface area contributed by atoms with Gasteiger partial charge in [-0.05, 0) is 45.5 Å². The highest BCUT2D eigenvalue weighted by atomic mass is 79.9. The molecule has 1 nitrogen and oxygen atoms in total. The second-order valence-corrected chi connectivity index (χ2v) is 5.54. The molecule has 0 saturated heterocycles. The Bertz CT molecular complexity index is 542. The SMILES string of the molecule is CC(Cc1cccc(F)c1Br)C(O)c1ccccc1. The summed E-state index contributed by atoms with van der Waals surface area (Å²) in [6.07, 6.45) is 0.0744. The van der Waals surface area contributed by atoms with Crippen molar-refractivity contribution in [3.63, 3.8) is 0 Å². The molecule has 0 fully saturated rings. The van der Waals surface area contributed by atoms with E-state index in [0.717, 1.165) is 11.1 Å². The molecule has 0 aliphatic rings. The van der Waals surface area contributed by atoms with Crippen LogP contribution in [-0.2, 0) is 6.42 Å². The first-order valence-electron chi connectivity index (χ1n) is 6.25. The number of aliphatic hydroxyl groups excluding tert-OH is 1. The molecule has 2 unspecified atom stereocenters. The molecule has 3 heteroatoms. The lowest BCUT2D eigenvalue weighted by molar-refractivity contribution is 0.117. The van der Waals surface area contributed by atoms with Crippen molar-refractivity contribution in [3.8, 4) is 0 Å². The first-order valence-corrected chi connectivity index (χ1v) is 7.05. The van der Waals surface area contributed by atoms with Crippen molar-refractivity contribution < 1.29 is 9.50 Å². The third kappa shape index (κ3) is 3.43. The van der Waals surface area contributed by atoms with Crippen LogP contribution in [0.1, 0.15) is 24.2 Å². The van der Waals surface area contributed by atoms with Crippen molar-refractivity contribution in [2.24, 2.45) is 5.92 Å². The summed E-state index contributed by atoms with van der Waals surface area (Å²) in [7, 11) is 0. The second-order valence-electron chi connectivity index (χ2n) is 4.75. The minimum atomic E-state index is -0.545. The molecule has 0 radical (unpaired) electrons. The zero-order chi connectivity index (χ0) is 13.8. The summed E-state index contributed by atoms with van der Waals surface area (Å²) < 4.78 is 13.9. The number of hydrogen-bond donors (Lipinski definition) is 1. The molecule has 2 rings (SSSR count). The maximum Gasteiger partial charge on any atom is 0.137 e. The maximum atomic E-state index is 13.4. The zero-order valence-corrected chi connectivity index (χ0v) is 12.3. The van der Waals surface area contributed by atoms with E-state index in [1.54, 1.807) is 6.07 Å². The van der Waals surface area contributed by atoms with E-state index in [0.29, 0.717) is 10.9 Å². The smallest absolute Gasteiger partial charge is 0.137 e. The molecule has 100 valence electrons. The van der Waals surface area contributed by atoms with Crippen LogP contribution in [0.4, 0.5) is 4.39 Å². The van der Waals surface area contributed by atoms with Crippen molar-refractivity contribution >= 4 is 15.9 Å². The molecule has 2 atom stereocenters. The van der Waals surface area contributed by atoms with Crippen molar-refractivity contribution in [2.45, 2.75) is 19.4 Å². The van der Waals surface area contributed by atoms with Gasteiger partial charge in [0.15, 0.2) is 0 Å². The van der Waals surface area contributed by atoms with Gasteiger partial charge < -0.3 is 5.11 Å². The lowest BCUT2D eigenvalue weighted by Gasteiger charge is -2.20. The van der Waals surface area contributed by atoms with Gasteiger partial charge in [0.2, 0.25) is 0 Å². The van der Waals surface area contributed by atoms with Gasteiger partial charge in [0.25, 0.3) is 0 Å². The van der Waals surface area contributed by atoms with Crippen LogP contribution in [0.15, 0.2) is 53.0 Å². The van der Waals surface area contributed by atoms with Gasteiger partial charge in [0, 0.05) is 0 Å². The molecule has 19 heavy (non-hydrogen) atoms. The summed E-state index contributed by atoms with van der Waals surface area (Å²) in [5.41, 5.74) is 1.77. The lowest BCUT2D eigenvalue weighted by Crippen LogP contribution is -2.12. The molecule has 0 heterocycles. The van der Waals surface area contributed by atoms with Crippen molar-refractivity contribution in [3.05, 3.63) is 69.9 Å². The van der Waals surface area contributed by atoms with Crippen LogP contribution < -0.4 is 0 Å². The Kier molecular flexibility index (Phi) is 4.72. The van der Waals surface area contributed by atoms with E-state index in [-0.39, 0.29) is 11.7 Å². The monoisotopic (exact) mass is 322 g/mol. The predicted molar refractivity (Wildman–Crippen MR) is 78.4 cm³/mol. The van der Waals surface area contributed by atoms with Crippen LogP contribution in [-0.4, -0.2) is 5.11 Å². The topological polar surface area (TPSA) is 20.2 Å². The van der Waals surface area contributed by atoms with Crippen LogP contribution in [0.3, 0.4) is 0 Å². The van der Waals surface area contributed by atoms with E-state index in [1.807, 2.05) is 43.3 Å². The van der Waals surface area contributed by atoms with Gasteiger partial charge >= 0.3 is 0 Å². The summed E-state index contributed by atoms with van der Waals surface area (Å²) in [6, 6.07) is 14.5. The maximum absolute atomic E-state index is 13.4. The fourth-order valence-corrected chi connectivity index (χ4v) is 2.57. The lowest BCUT2D eigenvalue weighted by atomic mass is 9.91. The Morgan fingerprint density at radius 1 is 1.11 bits per heavy atom. The Hall–Kier alpha value is -1.19. The highest BCUT2D eigenvalue weighted by molar-refractivity contribution is 9.10. The third-order valence-corrected chi connectivity index (χ3v) is 4.14. The third-order valence-electron chi connectivity index (χ3n) is 3.25. The highest BCUT2D eigenvalue weighted by Crippen LogP contribution is 2.28. The fraction of sp³-hybridized carbons (Fsp3) is 0.250. The van der Waals surface area contributed by atoms with Crippen molar-refractivity contribution in [2.75, 3.05) is 0 Å². The Balaban J connectivity index is 2.13. The van der Waals surface area contributed by atoms with Gasteiger partial charge in [0.1, 0.15) is 5.82 Å². The van der Waals surface area contributed by atoms with E-state index >= 15 is 0 Å². The van der Waals surface area contributed by atoms with Crippen LogP contribution in [0, 0.1) is 11.7 Å². The number of halogens is 2. The molecule has 0 amide bonds. The largest absolute Gasteiger partial charge is 0.388 e. The molecule has 0 aliphatic heterocycles. The number of aliphatic hydroxyl groups is 1. The normalized spacial score (nSPS) is 14.1. The second kappa shape index (κ2) is 6.31. The molecule has 2 aromatic carbocycles. The van der Waals surface area contributed by atoms with Crippen molar-refractivity contribution in [1.82, 2.24) is 0 Å². The van der Waals surface area contributed by atoms with Gasteiger partial charge in [-0.25, -0.2) is 4.39 Å². The van der Waals surface area contributed by atoms with E-state index in [4.69, 9.17) is 0 Å². The highest BCUT2D eigenvalue weighted by Gasteiger charge is 2.18. The van der Waals surface area contributed by atoms with E-state index in [9.17, 15) is 9.50 Å². The molecule has 0 saturated carbocycles. The Labute approximate surface area is 121 Å². The summed E-state index contributed by atoms with van der Waals surface area (Å²) in [5.74, 6) is -0.251. The summed E-state index contributed by atoms with van der Waals surface area (Å²) in [6.45, 7) is 1.97. The Morgan fingerprint density at radius 3 is 2.47 bits per heavy atom. The fourth-order valence-electron chi connectivity index (χ4n) is 2.14. The van der Waals surface area contributed by atoms with Gasteiger partial charge in [-0.2, -0.15) is 0 Å². The van der Waals surface area contributed by atoms with E-state index < -0.39 is 6.10 Å². The number of benzene rings is 2. The molecule has 0 aromatic heterocycles. The average molecular weight is 323 g/mol.